The van der Waals surface area contributed by atoms with Gasteiger partial charge in [0, 0.05) is 34.1 Å². The summed E-state index contributed by atoms with van der Waals surface area (Å²) in [7, 11) is 2.93. The number of thioether (sulfide) groups is 1. The second kappa shape index (κ2) is 12.7. The minimum Gasteiger partial charge on any atom is -0.496 e. The molecule has 0 unspecified atom stereocenters. The first-order valence-corrected chi connectivity index (χ1v) is 13.7. The highest BCUT2D eigenvalue weighted by atomic mass is 35.5. The highest BCUT2D eigenvalue weighted by Gasteiger charge is 2.32. The van der Waals surface area contributed by atoms with Crippen molar-refractivity contribution in [2.24, 2.45) is 0 Å². The number of carbonyl (C=O) groups excluding carboxylic acids is 2. The number of methoxy groups -OCH3 is 2. The zero-order chi connectivity index (χ0) is 29.0. The predicted octanol–water partition coefficient (Wildman–Crippen LogP) is 6.61. The van der Waals surface area contributed by atoms with Crippen molar-refractivity contribution in [1.29, 1.82) is 0 Å². The fourth-order valence-electron chi connectivity index (χ4n) is 3.93. The van der Waals surface area contributed by atoms with Crippen molar-refractivity contribution in [1.82, 2.24) is 4.90 Å². The lowest BCUT2D eigenvalue weighted by Gasteiger charge is -2.15. The van der Waals surface area contributed by atoms with Gasteiger partial charge in [-0.1, -0.05) is 53.2 Å². The number of nitrogens with zero attached hydrogens (tertiary/aromatic N) is 1. The van der Waals surface area contributed by atoms with Gasteiger partial charge in [-0.15, -0.1) is 0 Å². The van der Waals surface area contributed by atoms with Crippen LogP contribution >= 0.6 is 47.2 Å². The summed E-state index contributed by atoms with van der Waals surface area (Å²) in [6.07, 6.45) is 1.68. The Hall–Kier alpha value is -3.57. The lowest BCUT2D eigenvalue weighted by molar-refractivity contribution is -0.122. The van der Waals surface area contributed by atoms with Crippen LogP contribution < -0.4 is 14.8 Å². The number of hydrogen-bond donors (Lipinski definition) is 2. The number of benzene rings is 3. The normalized spacial score (nSPS) is 14.0. The van der Waals surface area contributed by atoms with E-state index in [1.54, 1.807) is 37.5 Å². The molecular formula is C28H22Cl2N2O6S2. The number of carboxylic acid groups (broad SMARTS) is 1. The third-order valence-corrected chi connectivity index (χ3v) is 7.84. The van der Waals surface area contributed by atoms with Crippen LogP contribution in [0.3, 0.4) is 0 Å². The number of nitrogens with one attached hydrogen (secondary N) is 1. The van der Waals surface area contributed by atoms with Crippen LogP contribution in [0.25, 0.3) is 17.2 Å². The van der Waals surface area contributed by atoms with Gasteiger partial charge < -0.3 is 19.9 Å². The summed E-state index contributed by atoms with van der Waals surface area (Å²) in [5.74, 6) is -1.02. The molecule has 40 heavy (non-hydrogen) atoms. The van der Waals surface area contributed by atoms with Gasteiger partial charge in [-0.05, 0) is 60.2 Å². The number of carbonyl (C=O) groups is 3. The Balaban J connectivity index is 1.48. The first-order chi connectivity index (χ1) is 19.1. The number of aromatic carboxylic acids is 1. The number of amides is 2. The molecule has 3 aromatic rings. The lowest BCUT2D eigenvalue weighted by atomic mass is 10.0. The minimum absolute atomic E-state index is 0.0267. The monoisotopic (exact) mass is 616 g/mol. The van der Waals surface area contributed by atoms with Gasteiger partial charge in [0.2, 0.25) is 5.91 Å². The number of halogens is 2. The Morgan fingerprint density at radius 2 is 1.77 bits per heavy atom. The predicted molar refractivity (Wildman–Crippen MR) is 162 cm³/mol. The van der Waals surface area contributed by atoms with Crippen molar-refractivity contribution in [3.05, 3.63) is 80.7 Å². The number of thiocarbonyl (C=S) groups is 1. The molecule has 1 fully saturated rings. The summed E-state index contributed by atoms with van der Waals surface area (Å²) in [5, 5.41) is 12.8. The zero-order valence-corrected chi connectivity index (χ0v) is 24.3. The van der Waals surface area contributed by atoms with Gasteiger partial charge in [-0.2, -0.15) is 0 Å². The fraction of sp³-hybridized carbons (Fsp3) is 0.143. The molecule has 1 saturated heterocycles. The van der Waals surface area contributed by atoms with E-state index in [0.717, 1.165) is 17.3 Å². The number of rotatable bonds is 9. The summed E-state index contributed by atoms with van der Waals surface area (Å²) in [6.45, 7) is 0.0648. The summed E-state index contributed by atoms with van der Waals surface area (Å²) >= 11 is 19.2. The van der Waals surface area contributed by atoms with E-state index in [9.17, 15) is 14.4 Å². The van der Waals surface area contributed by atoms with E-state index in [0.29, 0.717) is 41.8 Å². The van der Waals surface area contributed by atoms with E-state index in [-0.39, 0.29) is 30.2 Å². The maximum Gasteiger partial charge on any atom is 0.335 e. The molecule has 0 aliphatic carbocycles. The highest BCUT2D eigenvalue weighted by molar-refractivity contribution is 8.26. The van der Waals surface area contributed by atoms with Crippen LogP contribution in [-0.4, -0.2) is 52.9 Å². The second-order valence-electron chi connectivity index (χ2n) is 8.44. The van der Waals surface area contributed by atoms with Gasteiger partial charge in [-0.3, -0.25) is 14.5 Å². The molecule has 0 atom stereocenters. The Morgan fingerprint density at radius 1 is 1.02 bits per heavy atom. The quantitative estimate of drug-likeness (QED) is 0.204. The standard InChI is InChI=1S/C28H22Cl2N2O6S2/c1-37-22-8-3-15(11-19(22)18-14-17(29)5-6-20(18)30)12-24-26(34)32(28(39)40-24)10-9-25(33)31-21-7-4-16(27(35)36)13-23(21)38-2/h3-8,11-14H,9-10H2,1-2H3,(H,31,33)(H,35,36). The maximum absolute atomic E-state index is 13.1. The van der Waals surface area contributed by atoms with Crippen LogP contribution in [-0.2, 0) is 9.59 Å². The van der Waals surface area contributed by atoms with Gasteiger partial charge in [0.25, 0.3) is 5.91 Å². The Kier molecular flexibility index (Phi) is 9.36. The molecule has 2 amide bonds. The van der Waals surface area contributed by atoms with E-state index < -0.39 is 11.9 Å². The van der Waals surface area contributed by atoms with Gasteiger partial charge in [-0.25, -0.2) is 4.79 Å². The molecular weight excluding hydrogens is 595 g/mol. The maximum atomic E-state index is 13.1. The van der Waals surface area contributed by atoms with Crippen LogP contribution in [0.2, 0.25) is 10.0 Å². The average molecular weight is 618 g/mol. The molecule has 0 bridgehead atoms. The van der Waals surface area contributed by atoms with Gasteiger partial charge in [0.1, 0.15) is 15.8 Å². The summed E-state index contributed by atoms with van der Waals surface area (Å²) in [6, 6.07) is 14.7. The zero-order valence-electron chi connectivity index (χ0n) is 21.2. The molecule has 0 aromatic heterocycles. The molecule has 206 valence electrons. The summed E-state index contributed by atoms with van der Waals surface area (Å²) in [4.78, 5) is 38.7. The van der Waals surface area contributed by atoms with E-state index >= 15 is 0 Å². The Labute approximate surface area is 249 Å². The van der Waals surface area contributed by atoms with E-state index in [2.05, 4.69) is 5.32 Å². The van der Waals surface area contributed by atoms with Crippen molar-refractivity contribution >= 4 is 81.0 Å². The molecule has 1 aliphatic heterocycles. The van der Waals surface area contributed by atoms with Crippen molar-refractivity contribution in [3.8, 4) is 22.6 Å². The third kappa shape index (κ3) is 6.59. The van der Waals surface area contributed by atoms with E-state index in [1.165, 1.54) is 30.2 Å². The van der Waals surface area contributed by atoms with E-state index in [1.807, 2.05) is 12.1 Å². The first kappa shape index (κ1) is 29.4. The van der Waals surface area contributed by atoms with Crippen LogP contribution in [0, 0.1) is 0 Å². The SMILES string of the molecule is COc1cc(C(=O)O)ccc1NC(=O)CCN1C(=O)C(=Cc2ccc(OC)c(-c3cc(Cl)ccc3Cl)c2)SC1=S. The first-order valence-electron chi connectivity index (χ1n) is 11.7. The Bertz CT molecular complexity index is 1560. The molecule has 12 heteroatoms. The molecule has 0 spiro atoms. The number of hydrogen-bond acceptors (Lipinski definition) is 7. The topological polar surface area (TPSA) is 105 Å². The van der Waals surface area contributed by atoms with Gasteiger partial charge >= 0.3 is 5.97 Å². The van der Waals surface area contributed by atoms with Crippen molar-refractivity contribution in [2.45, 2.75) is 6.42 Å². The molecule has 0 saturated carbocycles. The molecule has 1 heterocycles. The minimum atomic E-state index is -1.11. The van der Waals surface area contributed by atoms with Crippen LogP contribution in [0.15, 0.2) is 59.5 Å². The van der Waals surface area contributed by atoms with E-state index in [4.69, 9.17) is 50.0 Å². The molecule has 4 rings (SSSR count). The number of anilines is 1. The van der Waals surface area contributed by atoms with Crippen LogP contribution in [0.5, 0.6) is 11.5 Å². The summed E-state index contributed by atoms with van der Waals surface area (Å²) in [5.41, 5.74) is 2.47. The van der Waals surface area contributed by atoms with Gasteiger partial charge in [0.05, 0.1) is 30.4 Å². The largest absolute Gasteiger partial charge is 0.496 e. The van der Waals surface area contributed by atoms with Crippen LogP contribution in [0.1, 0.15) is 22.3 Å². The molecule has 1 aliphatic rings. The molecule has 0 radical (unpaired) electrons. The van der Waals surface area contributed by atoms with Crippen LogP contribution in [0.4, 0.5) is 5.69 Å². The highest BCUT2D eigenvalue weighted by Crippen LogP contribution is 2.39. The molecule has 8 nitrogen and oxygen atoms in total. The molecule has 3 aromatic carbocycles. The second-order valence-corrected chi connectivity index (χ2v) is 11.0. The average Bonchev–Trinajstić information content (AvgIpc) is 3.20. The van der Waals surface area contributed by atoms with Crippen molar-refractivity contribution in [2.75, 3.05) is 26.1 Å². The number of carboxylic acids is 1. The van der Waals surface area contributed by atoms with Crippen molar-refractivity contribution < 1.29 is 29.0 Å². The fourth-order valence-corrected chi connectivity index (χ4v) is 5.63. The summed E-state index contributed by atoms with van der Waals surface area (Å²) < 4.78 is 11.0. The van der Waals surface area contributed by atoms with Gasteiger partial charge in [0.15, 0.2) is 0 Å². The third-order valence-electron chi connectivity index (χ3n) is 5.90. The number of ether oxygens (including phenoxy) is 2. The lowest BCUT2D eigenvalue weighted by Crippen LogP contribution is -2.31. The smallest absolute Gasteiger partial charge is 0.335 e. The van der Waals surface area contributed by atoms with Crippen molar-refractivity contribution in [3.63, 3.8) is 0 Å². The Morgan fingerprint density at radius 3 is 2.48 bits per heavy atom. The molecule has 2 N–H and O–H groups in total.